The lowest BCUT2D eigenvalue weighted by molar-refractivity contribution is -0.123. The summed E-state index contributed by atoms with van der Waals surface area (Å²) < 4.78 is 0. The van der Waals surface area contributed by atoms with Gasteiger partial charge < -0.3 is 10.4 Å². The Morgan fingerprint density at radius 1 is 1.48 bits per heavy atom. The molecule has 3 unspecified atom stereocenters. The lowest BCUT2D eigenvalue weighted by atomic mass is 10.1. The molecule has 1 saturated carbocycles. The zero-order valence-electron chi connectivity index (χ0n) is 12.0. The molecule has 2 N–H and O–H groups in total. The normalized spacial score (nSPS) is 23.5. The Kier molecular flexibility index (Phi) is 5.47. The lowest BCUT2D eigenvalue weighted by Gasteiger charge is -2.22. The van der Waals surface area contributed by atoms with Crippen LogP contribution in [0.5, 0.6) is 0 Å². The number of aliphatic hydroxyl groups is 1. The van der Waals surface area contributed by atoms with E-state index in [0.717, 1.165) is 12.0 Å². The summed E-state index contributed by atoms with van der Waals surface area (Å²) in [5, 5.41) is 13.9. The molecule has 0 bridgehead atoms. The van der Waals surface area contributed by atoms with Gasteiger partial charge in [-0.25, -0.2) is 0 Å². The Morgan fingerprint density at radius 3 is 2.81 bits per heavy atom. The molecule has 3 atom stereocenters. The second kappa shape index (κ2) is 6.78. The first-order chi connectivity index (χ1) is 9.84. The molecule has 3 nitrogen and oxygen atoms in total. The first-order valence-electron chi connectivity index (χ1n) is 6.78. The van der Waals surface area contributed by atoms with E-state index in [1.807, 2.05) is 18.4 Å². The second-order valence-electron chi connectivity index (χ2n) is 5.77. The Morgan fingerprint density at radius 2 is 2.19 bits per heavy atom. The van der Waals surface area contributed by atoms with Crippen LogP contribution in [0.15, 0.2) is 18.2 Å². The highest BCUT2D eigenvalue weighted by molar-refractivity contribution is 7.98. The van der Waals surface area contributed by atoms with Crippen molar-refractivity contribution in [2.75, 3.05) is 18.6 Å². The molecule has 0 saturated heterocycles. The predicted octanol–water partition coefficient (Wildman–Crippen LogP) is 3.33. The minimum Gasteiger partial charge on any atom is -0.387 e. The second-order valence-corrected chi connectivity index (χ2v) is 7.45. The van der Waals surface area contributed by atoms with Crippen LogP contribution in [0.3, 0.4) is 0 Å². The lowest BCUT2D eigenvalue weighted by Crippen LogP contribution is -2.43. The van der Waals surface area contributed by atoms with Crippen molar-refractivity contribution in [1.29, 1.82) is 0 Å². The van der Waals surface area contributed by atoms with Crippen LogP contribution in [-0.2, 0) is 4.79 Å². The average Bonchev–Trinajstić information content (AvgIpc) is 3.20. The van der Waals surface area contributed by atoms with E-state index in [4.69, 9.17) is 23.2 Å². The molecule has 0 radical (unpaired) electrons. The summed E-state index contributed by atoms with van der Waals surface area (Å²) in [5.74, 6) is 0.749. The Bertz CT molecular complexity index is 536. The number of nitrogens with one attached hydrogen (secondary N) is 1. The standard InChI is InChI=1S/C15H19Cl2NO2S/c1-15(20,8-21-2)7-18-14(19)11-6-10(11)9-3-4-12(16)13(17)5-9/h3-5,10-11,20H,6-8H2,1-2H3,(H,18,19). The summed E-state index contributed by atoms with van der Waals surface area (Å²) in [6.07, 6.45) is 2.74. The summed E-state index contributed by atoms with van der Waals surface area (Å²) >= 11 is 13.5. The van der Waals surface area contributed by atoms with E-state index >= 15 is 0 Å². The topological polar surface area (TPSA) is 49.3 Å². The van der Waals surface area contributed by atoms with Crippen LogP contribution in [0, 0.1) is 5.92 Å². The molecule has 1 aliphatic rings. The predicted molar refractivity (Wildman–Crippen MR) is 89.3 cm³/mol. The van der Waals surface area contributed by atoms with Gasteiger partial charge in [-0.15, -0.1) is 0 Å². The molecule has 0 aromatic heterocycles. The minimum absolute atomic E-state index is 0.00699. The van der Waals surface area contributed by atoms with Gasteiger partial charge in [-0.3, -0.25) is 4.79 Å². The number of hydrogen-bond acceptors (Lipinski definition) is 3. The smallest absolute Gasteiger partial charge is 0.223 e. The monoisotopic (exact) mass is 347 g/mol. The first kappa shape index (κ1) is 16.9. The summed E-state index contributed by atoms with van der Waals surface area (Å²) in [7, 11) is 0. The SMILES string of the molecule is CSCC(C)(O)CNC(=O)C1CC1c1ccc(Cl)c(Cl)c1. The van der Waals surface area contributed by atoms with Gasteiger partial charge in [-0.1, -0.05) is 29.3 Å². The van der Waals surface area contributed by atoms with Gasteiger partial charge >= 0.3 is 0 Å². The van der Waals surface area contributed by atoms with Crippen LogP contribution < -0.4 is 5.32 Å². The number of halogens is 2. The van der Waals surface area contributed by atoms with E-state index in [0.29, 0.717) is 15.8 Å². The Balaban J connectivity index is 1.88. The molecular weight excluding hydrogens is 329 g/mol. The molecule has 1 aliphatic carbocycles. The van der Waals surface area contributed by atoms with Crippen molar-refractivity contribution in [3.63, 3.8) is 0 Å². The number of amides is 1. The van der Waals surface area contributed by atoms with Gasteiger partial charge in [0.25, 0.3) is 0 Å². The highest BCUT2D eigenvalue weighted by atomic mass is 35.5. The average molecular weight is 348 g/mol. The van der Waals surface area contributed by atoms with Gasteiger partial charge in [0, 0.05) is 18.2 Å². The van der Waals surface area contributed by atoms with Gasteiger partial charge in [-0.2, -0.15) is 11.8 Å². The van der Waals surface area contributed by atoms with Crippen LogP contribution in [0.2, 0.25) is 10.0 Å². The zero-order valence-corrected chi connectivity index (χ0v) is 14.4. The van der Waals surface area contributed by atoms with Gasteiger partial charge in [0.1, 0.15) is 0 Å². The minimum atomic E-state index is -0.872. The molecule has 1 aromatic carbocycles. The maximum Gasteiger partial charge on any atom is 0.223 e. The van der Waals surface area contributed by atoms with E-state index in [-0.39, 0.29) is 24.3 Å². The number of hydrogen-bond donors (Lipinski definition) is 2. The van der Waals surface area contributed by atoms with Gasteiger partial charge in [0.05, 0.1) is 15.6 Å². The van der Waals surface area contributed by atoms with E-state index in [9.17, 15) is 9.90 Å². The number of carbonyl (C=O) groups excluding carboxylic acids is 1. The highest BCUT2D eigenvalue weighted by Gasteiger charge is 2.44. The van der Waals surface area contributed by atoms with Crippen LogP contribution in [-0.4, -0.2) is 35.2 Å². The summed E-state index contributed by atoms with van der Waals surface area (Å²) in [6.45, 7) is 2.00. The number of rotatable bonds is 6. The quantitative estimate of drug-likeness (QED) is 0.829. The van der Waals surface area contributed by atoms with Gasteiger partial charge in [-0.05, 0) is 43.2 Å². The fraction of sp³-hybridized carbons (Fsp3) is 0.533. The van der Waals surface area contributed by atoms with Crippen molar-refractivity contribution < 1.29 is 9.90 Å². The molecule has 1 aromatic rings. The summed E-state index contributed by atoms with van der Waals surface area (Å²) in [4.78, 5) is 12.1. The third-order valence-electron chi connectivity index (χ3n) is 3.60. The zero-order chi connectivity index (χ0) is 15.6. The molecule has 2 rings (SSSR count). The molecule has 116 valence electrons. The maximum absolute atomic E-state index is 12.1. The molecule has 0 heterocycles. The Hall–Kier alpha value is -0.420. The third-order valence-corrected chi connectivity index (χ3v) is 5.25. The van der Waals surface area contributed by atoms with E-state index in [1.54, 1.807) is 24.8 Å². The highest BCUT2D eigenvalue weighted by Crippen LogP contribution is 2.48. The van der Waals surface area contributed by atoms with E-state index in [2.05, 4.69) is 5.32 Å². The van der Waals surface area contributed by atoms with Gasteiger partial charge in [0.2, 0.25) is 5.91 Å². The van der Waals surface area contributed by atoms with Crippen LogP contribution >= 0.6 is 35.0 Å². The van der Waals surface area contributed by atoms with Crippen molar-refractivity contribution >= 4 is 40.9 Å². The van der Waals surface area contributed by atoms with Gasteiger partial charge in [0.15, 0.2) is 0 Å². The van der Waals surface area contributed by atoms with Crippen LogP contribution in [0.25, 0.3) is 0 Å². The number of benzene rings is 1. The Labute approximate surface area is 139 Å². The van der Waals surface area contributed by atoms with Crippen LogP contribution in [0.4, 0.5) is 0 Å². The van der Waals surface area contributed by atoms with Crippen LogP contribution in [0.1, 0.15) is 24.8 Å². The van der Waals surface area contributed by atoms with Crippen molar-refractivity contribution in [2.45, 2.75) is 24.9 Å². The fourth-order valence-electron chi connectivity index (χ4n) is 2.37. The largest absolute Gasteiger partial charge is 0.387 e. The van der Waals surface area contributed by atoms with Crippen molar-refractivity contribution in [3.05, 3.63) is 33.8 Å². The molecular formula is C15H19Cl2NO2S. The number of thioether (sulfide) groups is 1. The third kappa shape index (κ3) is 4.52. The summed E-state index contributed by atoms with van der Waals surface area (Å²) in [5.41, 5.74) is 0.170. The molecule has 21 heavy (non-hydrogen) atoms. The number of carbonyl (C=O) groups is 1. The fourth-order valence-corrected chi connectivity index (χ4v) is 3.40. The van der Waals surface area contributed by atoms with E-state index < -0.39 is 5.60 Å². The summed E-state index contributed by atoms with van der Waals surface area (Å²) in [6, 6.07) is 5.50. The van der Waals surface area contributed by atoms with E-state index in [1.165, 1.54) is 0 Å². The maximum atomic E-state index is 12.1. The first-order valence-corrected chi connectivity index (χ1v) is 8.93. The molecule has 0 aliphatic heterocycles. The van der Waals surface area contributed by atoms with Crippen molar-refractivity contribution in [1.82, 2.24) is 5.32 Å². The molecule has 6 heteroatoms. The molecule has 0 spiro atoms. The molecule has 1 amide bonds. The van der Waals surface area contributed by atoms with Crippen molar-refractivity contribution in [3.8, 4) is 0 Å². The van der Waals surface area contributed by atoms with Crippen molar-refractivity contribution in [2.24, 2.45) is 5.92 Å². The molecule has 1 fully saturated rings.